The number of ether oxygens (including phenoxy) is 1. The minimum Gasteiger partial charge on any atom is -0.486 e. The Bertz CT molecular complexity index is 610. The van der Waals surface area contributed by atoms with Crippen LogP contribution in [0.2, 0.25) is 0 Å². The van der Waals surface area contributed by atoms with Crippen molar-refractivity contribution in [2.24, 2.45) is 5.73 Å². The van der Waals surface area contributed by atoms with E-state index in [2.05, 4.69) is 10.3 Å². The van der Waals surface area contributed by atoms with Crippen molar-refractivity contribution in [2.45, 2.75) is 13.5 Å². The molecule has 0 saturated carbocycles. The van der Waals surface area contributed by atoms with Gasteiger partial charge in [-0.1, -0.05) is 30.3 Å². The van der Waals surface area contributed by atoms with E-state index in [4.69, 9.17) is 10.5 Å². The van der Waals surface area contributed by atoms with Crippen LogP contribution >= 0.6 is 24.8 Å². The number of nitrogens with zero attached hydrogens (tertiary/aromatic N) is 1. The molecule has 1 amide bonds. The minimum atomic E-state index is -0.271. The van der Waals surface area contributed by atoms with Crippen molar-refractivity contribution in [1.82, 2.24) is 10.3 Å². The van der Waals surface area contributed by atoms with E-state index in [-0.39, 0.29) is 30.7 Å². The quantitative estimate of drug-likeness (QED) is 0.832. The molecule has 2 aromatic rings. The summed E-state index contributed by atoms with van der Waals surface area (Å²) in [5, 5.41) is 2.71. The normalized spacial score (nSPS) is 9.30. The van der Waals surface area contributed by atoms with Crippen LogP contribution in [0, 0.1) is 6.92 Å². The summed E-state index contributed by atoms with van der Waals surface area (Å²) in [4.78, 5) is 16.3. The van der Waals surface area contributed by atoms with Gasteiger partial charge in [-0.05, 0) is 24.6 Å². The highest BCUT2D eigenvalue weighted by Crippen LogP contribution is 2.18. The monoisotopic (exact) mass is 357 g/mol. The second kappa shape index (κ2) is 10.8. The van der Waals surface area contributed by atoms with E-state index >= 15 is 0 Å². The number of amides is 1. The molecule has 1 aromatic heterocycles. The zero-order chi connectivity index (χ0) is 15.1. The Balaban J connectivity index is 0.00000242. The van der Waals surface area contributed by atoms with Gasteiger partial charge in [-0.25, -0.2) is 4.98 Å². The fourth-order valence-corrected chi connectivity index (χ4v) is 1.83. The predicted octanol–water partition coefficient (Wildman–Crippen LogP) is 2.50. The van der Waals surface area contributed by atoms with Gasteiger partial charge < -0.3 is 15.8 Å². The molecule has 126 valence electrons. The molecule has 23 heavy (non-hydrogen) atoms. The first-order valence-electron chi connectivity index (χ1n) is 6.83. The molecular formula is C16H21Cl2N3O2. The second-order valence-corrected chi connectivity index (χ2v) is 4.62. The van der Waals surface area contributed by atoms with Crippen LogP contribution in [-0.2, 0) is 6.61 Å². The van der Waals surface area contributed by atoms with Gasteiger partial charge in [0.15, 0.2) is 11.4 Å². The maximum atomic E-state index is 12.1. The molecule has 0 atom stereocenters. The highest BCUT2D eigenvalue weighted by molar-refractivity contribution is 5.95. The Morgan fingerprint density at radius 2 is 1.87 bits per heavy atom. The van der Waals surface area contributed by atoms with Crippen molar-refractivity contribution < 1.29 is 9.53 Å². The summed E-state index contributed by atoms with van der Waals surface area (Å²) < 4.78 is 5.72. The molecule has 0 aliphatic heterocycles. The van der Waals surface area contributed by atoms with Gasteiger partial charge >= 0.3 is 0 Å². The average Bonchev–Trinajstić information content (AvgIpc) is 2.52. The molecule has 0 bridgehead atoms. The lowest BCUT2D eigenvalue weighted by atomic mass is 10.2. The van der Waals surface area contributed by atoms with Crippen molar-refractivity contribution in [3.8, 4) is 5.75 Å². The summed E-state index contributed by atoms with van der Waals surface area (Å²) in [6.45, 7) is 3.02. The maximum Gasteiger partial charge on any atom is 0.273 e. The number of carbonyl (C=O) groups is 1. The number of carbonyl (C=O) groups excluding carboxylic acids is 1. The van der Waals surface area contributed by atoms with Crippen LogP contribution in [0.25, 0.3) is 0 Å². The van der Waals surface area contributed by atoms with Crippen LogP contribution < -0.4 is 15.8 Å². The zero-order valence-corrected chi connectivity index (χ0v) is 14.5. The number of aromatic nitrogens is 1. The third-order valence-corrected chi connectivity index (χ3v) is 2.88. The van der Waals surface area contributed by atoms with E-state index in [1.807, 2.05) is 43.3 Å². The number of rotatable bonds is 6. The maximum absolute atomic E-state index is 12.1. The lowest BCUT2D eigenvalue weighted by Gasteiger charge is -2.11. The molecule has 0 unspecified atom stereocenters. The number of nitrogens with one attached hydrogen (secondary N) is 1. The van der Waals surface area contributed by atoms with E-state index in [0.717, 1.165) is 11.3 Å². The van der Waals surface area contributed by atoms with Crippen molar-refractivity contribution in [3.05, 3.63) is 59.4 Å². The second-order valence-electron chi connectivity index (χ2n) is 4.62. The third-order valence-electron chi connectivity index (χ3n) is 2.88. The third kappa shape index (κ3) is 6.44. The van der Waals surface area contributed by atoms with Crippen LogP contribution in [0.1, 0.15) is 21.7 Å². The molecule has 0 radical (unpaired) electrons. The zero-order valence-electron chi connectivity index (χ0n) is 12.8. The van der Waals surface area contributed by atoms with Crippen molar-refractivity contribution >= 4 is 30.7 Å². The molecular weight excluding hydrogens is 337 g/mol. The fraction of sp³-hybridized carbons (Fsp3) is 0.250. The number of aryl methyl sites for hydroxylation is 1. The topological polar surface area (TPSA) is 77.2 Å². The summed E-state index contributed by atoms with van der Waals surface area (Å²) in [7, 11) is 0. The highest BCUT2D eigenvalue weighted by Gasteiger charge is 2.14. The van der Waals surface area contributed by atoms with Gasteiger partial charge in [0.2, 0.25) is 0 Å². The van der Waals surface area contributed by atoms with Gasteiger partial charge in [0.1, 0.15) is 6.61 Å². The largest absolute Gasteiger partial charge is 0.486 e. The van der Waals surface area contributed by atoms with Crippen molar-refractivity contribution in [3.63, 3.8) is 0 Å². The first kappa shape index (κ1) is 21.2. The minimum absolute atomic E-state index is 0. The number of benzene rings is 1. The Hall–Kier alpha value is -1.82. The molecule has 1 heterocycles. The molecule has 1 aromatic carbocycles. The van der Waals surface area contributed by atoms with Crippen LogP contribution in [0.5, 0.6) is 5.75 Å². The van der Waals surface area contributed by atoms with Crippen LogP contribution in [-0.4, -0.2) is 24.0 Å². The lowest BCUT2D eigenvalue weighted by molar-refractivity contribution is 0.0944. The Morgan fingerprint density at radius 1 is 1.17 bits per heavy atom. The molecule has 7 heteroatoms. The molecule has 0 spiro atoms. The first-order chi connectivity index (χ1) is 10.2. The van der Waals surface area contributed by atoms with Crippen LogP contribution in [0.15, 0.2) is 42.5 Å². The molecule has 2 rings (SSSR count). The predicted molar refractivity (Wildman–Crippen MR) is 95.6 cm³/mol. The number of pyridine rings is 1. The van der Waals surface area contributed by atoms with Crippen LogP contribution in [0.3, 0.4) is 0 Å². The molecule has 5 nitrogen and oxygen atoms in total. The van der Waals surface area contributed by atoms with E-state index in [9.17, 15) is 4.79 Å². The summed E-state index contributed by atoms with van der Waals surface area (Å²) in [6, 6.07) is 13.4. The molecule has 0 aliphatic carbocycles. The molecule has 3 N–H and O–H groups in total. The van der Waals surface area contributed by atoms with Gasteiger partial charge in [0.05, 0.1) is 0 Å². The number of halogens is 2. The summed E-state index contributed by atoms with van der Waals surface area (Å²) in [5.74, 6) is 0.200. The number of nitrogens with two attached hydrogens (primary N) is 1. The van der Waals surface area contributed by atoms with E-state index in [1.165, 1.54) is 0 Å². The van der Waals surface area contributed by atoms with E-state index in [1.54, 1.807) is 6.07 Å². The molecule has 0 fully saturated rings. The summed E-state index contributed by atoms with van der Waals surface area (Å²) in [6.07, 6.45) is 0. The number of hydrogen-bond donors (Lipinski definition) is 2. The van der Waals surface area contributed by atoms with Crippen LogP contribution in [0.4, 0.5) is 0 Å². The van der Waals surface area contributed by atoms with Gasteiger partial charge in [0, 0.05) is 18.8 Å². The molecule has 0 saturated heterocycles. The summed E-state index contributed by atoms with van der Waals surface area (Å²) >= 11 is 0. The fourth-order valence-electron chi connectivity index (χ4n) is 1.83. The Labute approximate surface area is 148 Å². The highest BCUT2D eigenvalue weighted by atomic mass is 35.5. The van der Waals surface area contributed by atoms with Crippen molar-refractivity contribution in [1.29, 1.82) is 0 Å². The van der Waals surface area contributed by atoms with Gasteiger partial charge in [0.25, 0.3) is 5.91 Å². The van der Waals surface area contributed by atoms with E-state index < -0.39 is 0 Å². The first-order valence-corrected chi connectivity index (χ1v) is 6.83. The SMILES string of the molecule is Cc1ccc(OCc2ccccc2)c(C(=O)NCCN)n1.Cl.Cl. The molecule has 0 aliphatic rings. The van der Waals surface area contributed by atoms with Crippen molar-refractivity contribution in [2.75, 3.05) is 13.1 Å². The van der Waals surface area contributed by atoms with E-state index in [0.29, 0.717) is 31.1 Å². The standard InChI is InChI=1S/C16H19N3O2.2ClH/c1-12-7-8-14(15(19-12)16(20)18-10-9-17)21-11-13-5-3-2-4-6-13;;/h2-8H,9-11,17H2,1H3,(H,18,20);2*1H. The summed E-state index contributed by atoms with van der Waals surface area (Å²) in [5.41, 5.74) is 7.48. The Morgan fingerprint density at radius 3 is 2.52 bits per heavy atom. The van der Waals surface area contributed by atoms with Gasteiger partial charge in [-0.15, -0.1) is 24.8 Å². The van der Waals surface area contributed by atoms with Gasteiger partial charge in [-0.2, -0.15) is 0 Å². The lowest BCUT2D eigenvalue weighted by Crippen LogP contribution is -2.30. The number of hydrogen-bond acceptors (Lipinski definition) is 4. The Kier molecular flexibility index (Phi) is 9.97. The van der Waals surface area contributed by atoms with Gasteiger partial charge in [-0.3, -0.25) is 4.79 Å². The smallest absolute Gasteiger partial charge is 0.273 e. The average molecular weight is 358 g/mol.